The number of benzene rings is 2. The van der Waals surface area contributed by atoms with Gasteiger partial charge in [-0.3, -0.25) is 4.79 Å². The average Bonchev–Trinajstić information content (AvgIpc) is 2.41. The number of nitrogens with two attached hydrogens (primary N) is 1. The van der Waals surface area contributed by atoms with Crippen molar-refractivity contribution in [3.05, 3.63) is 53.6 Å². The minimum Gasteiger partial charge on any atom is -0.385 e. The van der Waals surface area contributed by atoms with E-state index in [1.165, 1.54) is 5.56 Å². The van der Waals surface area contributed by atoms with Gasteiger partial charge in [-0.15, -0.1) is 0 Å². The van der Waals surface area contributed by atoms with Crippen LogP contribution in [0.2, 0.25) is 0 Å². The average molecular weight is 254 g/mol. The Morgan fingerprint density at radius 2 is 1.95 bits per heavy atom. The van der Waals surface area contributed by atoms with Gasteiger partial charge in [0.15, 0.2) is 0 Å². The fourth-order valence-corrected chi connectivity index (χ4v) is 2.17. The lowest BCUT2D eigenvalue weighted by molar-refractivity contribution is 0.100. The van der Waals surface area contributed by atoms with Gasteiger partial charge in [-0.1, -0.05) is 24.3 Å². The second-order valence-corrected chi connectivity index (χ2v) is 4.45. The number of amides is 1. The van der Waals surface area contributed by atoms with E-state index in [1.807, 2.05) is 24.3 Å². The number of carbonyl (C=O) groups is 1. The number of primary amides is 1. The highest BCUT2D eigenvalue weighted by Gasteiger charge is 2.07. The zero-order chi connectivity index (χ0) is 13.8. The summed E-state index contributed by atoms with van der Waals surface area (Å²) in [4.78, 5) is 11.2. The smallest absolute Gasteiger partial charge is 0.248 e. The third-order valence-electron chi connectivity index (χ3n) is 3.16. The molecule has 0 aliphatic rings. The van der Waals surface area contributed by atoms with Crippen LogP contribution in [0.25, 0.3) is 11.1 Å². The Balaban J connectivity index is 2.49. The molecule has 19 heavy (non-hydrogen) atoms. The van der Waals surface area contributed by atoms with E-state index in [2.05, 4.69) is 31.3 Å². The van der Waals surface area contributed by atoms with Crippen LogP contribution < -0.4 is 11.1 Å². The molecule has 0 spiro atoms. The van der Waals surface area contributed by atoms with Gasteiger partial charge in [-0.2, -0.15) is 0 Å². The summed E-state index contributed by atoms with van der Waals surface area (Å²) in [5, 5.41) is 3.33. The summed E-state index contributed by atoms with van der Waals surface area (Å²) in [6.45, 7) is 5.02. The van der Waals surface area contributed by atoms with Gasteiger partial charge in [0.25, 0.3) is 0 Å². The van der Waals surface area contributed by atoms with Crippen LogP contribution in [-0.2, 0) is 0 Å². The molecule has 2 rings (SSSR count). The molecule has 0 bridgehead atoms. The van der Waals surface area contributed by atoms with Crippen molar-refractivity contribution in [1.82, 2.24) is 0 Å². The molecule has 3 N–H and O–H groups in total. The van der Waals surface area contributed by atoms with Crippen LogP contribution in [0.4, 0.5) is 5.69 Å². The normalized spacial score (nSPS) is 10.2. The predicted molar refractivity (Wildman–Crippen MR) is 79.3 cm³/mol. The second kappa shape index (κ2) is 5.57. The number of nitrogens with one attached hydrogen (secondary N) is 1. The minimum absolute atomic E-state index is 0.401. The molecule has 0 unspecified atom stereocenters. The standard InChI is InChI=1S/C16H18N2O/c1-3-18-15-9-5-8-14(11(15)2)12-6-4-7-13(10-12)16(17)19/h4-10,18H,3H2,1-2H3,(H2,17,19). The Morgan fingerprint density at radius 3 is 2.63 bits per heavy atom. The zero-order valence-corrected chi connectivity index (χ0v) is 11.2. The minimum atomic E-state index is -0.401. The van der Waals surface area contributed by atoms with E-state index in [0.717, 1.165) is 23.4 Å². The first kappa shape index (κ1) is 13.1. The molecule has 0 radical (unpaired) electrons. The fourth-order valence-electron chi connectivity index (χ4n) is 2.17. The van der Waals surface area contributed by atoms with E-state index in [0.29, 0.717) is 5.56 Å². The molecule has 3 nitrogen and oxygen atoms in total. The fraction of sp³-hybridized carbons (Fsp3) is 0.188. The monoisotopic (exact) mass is 254 g/mol. The Kier molecular flexibility index (Phi) is 3.85. The predicted octanol–water partition coefficient (Wildman–Crippen LogP) is 3.19. The van der Waals surface area contributed by atoms with Crippen molar-refractivity contribution in [1.29, 1.82) is 0 Å². The molecule has 3 heteroatoms. The number of carbonyl (C=O) groups excluding carboxylic acids is 1. The van der Waals surface area contributed by atoms with E-state index in [1.54, 1.807) is 6.07 Å². The molecule has 0 heterocycles. The lowest BCUT2D eigenvalue weighted by Crippen LogP contribution is -2.10. The summed E-state index contributed by atoms with van der Waals surface area (Å²) in [6, 6.07) is 13.5. The summed E-state index contributed by atoms with van der Waals surface area (Å²) in [6.07, 6.45) is 0. The van der Waals surface area contributed by atoms with Crippen LogP contribution in [0.1, 0.15) is 22.8 Å². The van der Waals surface area contributed by atoms with Crippen molar-refractivity contribution in [3.63, 3.8) is 0 Å². The maximum absolute atomic E-state index is 11.2. The molecule has 0 saturated carbocycles. The molecule has 0 aromatic heterocycles. The summed E-state index contributed by atoms with van der Waals surface area (Å²) < 4.78 is 0. The van der Waals surface area contributed by atoms with Crippen LogP contribution in [0, 0.1) is 6.92 Å². The summed E-state index contributed by atoms with van der Waals surface area (Å²) >= 11 is 0. The molecular weight excluding hydrogens is 236 g/mol. The first-order valence-corrected chi connectivity index (χ1v) is 6.37. The third-order valence-corrected chi connectivity index (χ3v) is 3.16. The zero-order valence-electron chi connectivity index (χ0n) is 11.2. The highest BCUT2D eigenvalue weighted by atomic mass is 16.1. The van der Waals surface area contributed by atoms with E-state index in [-0.39, 0.29) is 0 Å². The van der Waals surface area contributed by atoms with Crippen molar-refractivity contribution < 1.29 is 4.79 Å². The Morgan fingerprint density at radius 1 is 1.21 bits per heavy atom. The molecule has 0 aliphatic carbocycles. The Hall–Kier alpha value is -2.29. The molecular formula is C16H18N2O. The molecule has 0 atom stereocenters. The molecule has 2 aromatic rings. The lowest BCUT2D eigenvalue weighted by Gasteiger charge is -2.13. The first-order valence-electron chi connectivity index (χ1n) is 6.37. The maximum Gasteiger partial charge on any atom is 0.248 e. The highest BCUT2D eigenvalue weighted by molar-refractivity contribution is 5.94. The molecule has 0 saturated heterocycles. The summed E-state index contributed by atoms with van der Waals surface area (Å²) in [7, 11) is 0. The highest BCUT2D eigenvalue weighted by Crippen LogP contribution is 2.28. The van der Waals surface area contributed by atoms with E-state index < -0.39 is 5.91 Å². The maximum atomic E-state index is 11.2. The Labute approximate surface area is 113 Å². The molecule has 98 valence electrons. The third kappa shape index (κ3) is 2.76. The van der Waals surface area contributed by atoms with Crippen molar-refractivity contribution in [3.8, 4) is 11.1 Å². The van der Waals surface area contributed by atoms with E-state index >= 15 is 0 Å². The topological polar surface area (TPSA) is 55.1 Å². The summed E-state index contributed by atoms with van der Waals surface area (Å²) in [5.74, 6) is -0.401. The second-order valence-electron chi connectivity index (χ2n) is 4.45. The van der Waals surface area contributed by atoms with Gasteiger partial charge in [-0.25, -0.2) is 0 Å². The number of rotatable bonds is 4. The van der Waals surface area contributed by atoms with Gasteiger partial charge in [0, 0.05) is 17.8 Å². The van der Waals surface area contributed by atoms with Crippen LogP contribution in [0.15, 0.2) is 42.5 Å². The molecule has 0 aliphatic heterocycles. The van der Waals surface area contributed by atoms with Crippen molar-refractivity contribution in [2.24, 2.45) is 5.73 Å². The quantitative estimate of drug-likeness (QED) is 0.880. The SMILES string of the molecule is CCNc1cccc(-c2cccc(C(N)=O)c2)c1C. The van der Waals surface area contributed by atoms with Gasteiger partial charge < -0.3 is 11.1 Å². The van der Waals surface area contributed by atoms with Gasteiger partial charge >= 0.3 is 0 Å². The lowest BCUT2D eigenvalue weighted by atomic mass is 9.97. The number of hydrogen-bond acceptors (Lipinski definition) is 2. The van der Waals surface area contributed by atoms with Gasteiger partial charge in [0.05, 0.1) is 0 Å². The van der Waals surface area contributed by atoms with Gasteiger partial charge in [0.2, 0.25) is 5.91 Å². The first-order chi connectivity index (χ1) is 9.13. The van der Waals surface area contributed by atoms with E-state index in [4.69, 9.17) is 5.73 Å². The number of anilines is 1. The number of hydrogen-bond donors (Lipinski definition) is 2. The van der Waals surface area contributed by atoms with Crippen LogP contribution in [0.3, 0.4) is 0 Å². The van der Waals surface area contributed by atoms with Crippen LogP contribution >= 0.6 is 0 Å². The Bertz CT molecular complexity index is 605. The van der Waals surface area contributed by atoms with Crippen molar-refractivity contribution in [2.75, 3.05) is 11.9 Å². The van der Waals surface area contributed by atoms with Crippen molar-refractivity contribution in [2.45, 2.75) is 13.8 Å². The van der Waals surface area contributed by atoms with Gasteiger partial charge in [-0.05, 0) is 48.7 Å². The molecule has 0 fully saturated rings. The molecule has 2 aromatic carbocycles. The van der Waals surface area contributed by atoms with Crippen LogP contribution in [0.5, 0.6) is 0 Å². The molecule has 1 amide bonds. The largest absolute Gasteiger partial charge is 0.385 e. The van der Waals surface area contributed by atoms with E-state index in [9.17, 15) is 4.79 Å². The van der Waals surface area contributed by atoms with Crippen LogP contribution in [-0.4, -0.2) is 12.5 Å². The van der Waals surface area contributed by atoms with Gasteiger partial charge in [0.1, 0.15) is 0 Å². The van der Waals surface area contributed by atoms with Crippen molar-refractivity contribution >= 4 is 11.6 Å². The summed E-state index contributed by atoms with van der Waals surface area (Å²) in [5.41, 5.74) is 10.3.